The van der Waals surface area contributed by atoms with Gasteiger partial charge in [0, 0.05) is 60.4 Å². The number of benzene rings is 10. The summed E-state index contributed by atoms with van der Waals surface area (Å²) in [6.07, 6.45) is 0. The van der Waals surface area contributed by atoms with Crippen molar-refractivity contribution in [2.75, 3.05) is 0 Å². The molecule has 0 N–H and O–H groups in total. The molecule has 0 aliphatic heterocycles. The van der Waals surface area contributed by atoms with E-state index in [2.05, 4.69) is 118 Å². The van der Waals surface area contributed by atoms with Gasteiger partial charge in [-0.05, 0) is 102 Å². The van der Waals surface area contributed by atoms with Crippen LogP contribution in [0.1, 0.15) is 11.1 Å². The average molecular weight is 946 g/mol. The zero-order valence-corrected chi connectivity index (χ0v) is 39.2. The van der Waals surface area contributed by atoms with Crippen molar-refractivity contribution in [2.45, 2.75) is 0 Å². The van der Waals surface area contributed by atoms with Crippen molar-refractivity contribution < 1.29 is 8.83 Å². The van der Waals surface area contributed by atoms with Gasteiger partial charge in [0.15, 0.2) is 17.5 Å². The van der Waals surface area contributed by atoms with Crippen LogP contribution in [0.15, 0.2) is 221 Å². The van der Waals surface area contributed by atoms with Crippen LogP contribution < -0.4 is 0 Å². The van der Waals surface area contributed by atoms with Crippen LogP contribution in [-0.2, 0) is 0 Å². The molecule has 342 valence electrons. The molecular formula is C65H35N7O2. The molecule has 15 aromatic rings. The number of aromatic nitrogens is 5. The summed E-state index contributed by atoms with van der Waals surface area (Å²) in [4.78, 5) is 15.9. The van der Waals surface area contributed by atoms with Crippen LogP contribution in [0.3, 0.4) is 0 Å². The first kappa shape index (κ1) is 41.2. The summed E-state index contributed by atoms with van der Waals surface area (Å²) in [6.45, 7) is 0. The van der Waals surface area contributed by atoms with Crippen LogP contribution in [0.4, 0.5) is 0 Å². The van der Waals surface area contributed by atoms with Crippen LogP contribution >= 0.6 is 0 Å². The summed E-state index contributed by atoms with van der Waals surface area (Å²) < 4.78 is 17.7. The van der Waals surface area contributed by atoms with E-state index in [0.29, 0.717) is 39.7 Å². The first-order valence-corrected chi connectivity index (χ1v) is 24.3. The van der Waals surface area contributed by atoms with Crippen molar-refractivity contribution in [3.8, 4) is 68.8 Å². The lowest BCUT2D eigenvalue weighted by molar-refractivity contribution is 0.672. The van der Waals surface area contributed by atoms with Crippen LogP contribution in [-0.4, -0.2) is 24.1 Å². The van der Waals surface area contributed by atoms with E-state index in [1.807, 2.05) is 109 Å². The molecular weight excluding hydrogens is 911 g/mol. The average Bonchev–Trinajstić information content (AvgIpc) is 4.27. The number of hydrogen-bond donors (Lipinski definition) is 0. The van der Waals surface area contributed by atoms with Crippen LogP contribution in [0, 0.1) is 22.7 Å². The highest BCUT2D eigenvalue weighted by Crippen LogP contribution is 2.44. The Morgan fingerprint density at radius 1 is 0.351 bits per heavy atom. The zero-order valence-electron chi connectivity index (χ0n) is 39.2. The van der Waals surface area contributed by atoms with Gasteiger partial charge in [0.2, 0.25) is 0 Å². The molecule has 15 rings (SSSR count). The van der Waals surface area contributed by atoms with E-state index in [-0.39, 0.29) is 0 Å². The maximum absolute atomic E-state index is 10.9. The molecule has 9 nitrogen and oxygen atoms in total. The summed E-state index contributed by atoms with van der Waals surface area (Å²) in [5.74, 6) is 1.17. The second kappa shape index (κ2) is 16.0. The third-order valence-electron chi connectivity index (χ3n) is 14.5. The largest absolute Gasteiger partial charge is 0.455 e. The molecule has 9 heteroatoms. The summed E-state index contributed by atoms with van der Waals surface area (Å²) in [5.41, 5.74) is 13.6. The standard InChI is InChI=1S/C65H35N7O2/c66-36-38-13-12-16-40(33-38)44-28-27-43(72-54-22-9-5-20-50(54)60-56(72)32-30-48-46-18-7-11-24-58(46)74-62(48)60)35-52(44)65-69-63(39-14-2-1-3-15-39)68-64(70-65)51-34-42(26-25-41(51)37-67)71-53-21-8-4-19-49(53)59-55(71)31-29-47-45-17-6-10-23-57(45)73-61(47)59/h1-35H. The SMILES string of the molecule is N#Cc1cccc(-c2ccc(-n3c4ccccc4c4c5oc6ccccc6c5ccc43)cc2-c2nc(-c3ccccc3)nc(-c3cc(-n4c5ccccc5c5c6oc7ccccc7c6ccc54)ccc3C#N)n2)c1. The minimum atomic E-state index is 0.332. The fraction of sp³-hybridized carbons (Fsp3) is 0. The molecule has 74 heavy (non-hydrogen) atoms. The van der Waals surface area contributed by atoms with Gasteiger partial charge in [-0.3, -0.25) is 0 Å². The van der Waals surface area contributed by atoms with Gasteiger partial charge in [0.1, 0.15) is 22.3 Å². The Labute approximate surface area is 421 Å². The zero-order chi connectivity index (χ0) is 49.0. The van der Waals surface area contributed by atoms with E-state index in [4.69, 9.17) is 23.8 Å². The molecule has 0 aliphatic rings. The Hall–Kier alpha value is -10.6. The molecule has 0 saturated heterocycles. The van der Waals surface area contributed by atoms with E-state index >= 15 is 0 Å². The predicted molar refractivity (Wildman–Crippen MR) is 294 cm³/mol. The monoisotopic (exact) mass is 945 g/mol. The highest BCUT2D eigenvalue weighted by Gasteiger charge is 2.24. The lowest BCUT2D eigenvalue weighted by Gasteiger charge is -2.16. The number of rotatable bonds is 6. The normalized spacial score (nSPS) is 11.8. The first-order valence-electron chi connectivity index (χ1n) is 24.3. The topological polar surface area (TPSA) is 122 Å². The molecule has 0 unspecified atom stereocenters. The summed E-state index contributed by atoms with van der Waals surface area (Å²) in [6, 6.07) is 76.0. The number of nitriles is 2. The quantitative estimate of drug-likeness (QED) is 0.163. The number of fused-ring (bicyclic) bond motifs is 14. The molecule has 0 radical (unpaired) electrons. The molecule has 0 amide bonds. The van der Waals surface area contributed by atoms with Crippen molar-refractivity contribution >= 4 is 87.5 Å². The Kier molecular flexibility index (Phi) is 8.88. The first-order chi connectivity index (χ1) is 36.6. The Morgan fingerprint density at radius 2 is 0.865 bits per heavy atom. The highest BCUT2D eigenvalue weighted by molar-refractivity contribution is 6.25. The maximum Gasteiger partial charge on any atom is 0.165 e. The molecule has 0 fully saturated rings. The highest BCUT2D eigenvalue weighted by atomic mass is 16.3. The van der Waals surface area contributed by atoms with E-state index in [1.165, 1.54) is 0 Å². The Morgan fingerprint density at radius 3 is 1.47 bits per heavy atom. The minimum absolute atomic E-state index is 0.332. The molecule has 0 bridgehead atoms. The molecule has 0 atom stereocenters. The van der Waals surface area contributed by atoms with Crippen molar-refractivity contribution in [2.24, 2.45) is 0 Å². The van der Waals surface area contributed by atoms with E-state index in [0.717, 1.165) is 116 Å². The lowest BCUT2D eigenvalue weighted by Crippen LogP contribution is -2.04. The third-order valence-corrected chi connectivity index (χ3v) is 14.5. The maximum atomic E-state index is 10.9. The van der Waals surface area contributed by atoms with Gasteiger partial charge < -0.3 is 18.0 Å². The van der Waals surface area contributed by atoms with Gasteiger partial charge in [-0.2, -0.15) is 10.5 Å². The van der Waals surface area contributed by atoms with Gasteiger partial charge in [0.25, 0.3) is 0 Å². The second-order valence-corrected chi connectivity index (χ2v) is 18.5. The predicted octanol–water partition coefficient (Wildman–Crippen LogP) is 16.3. The third kappa shape index (κ3) is 6.11. The summed E-state index contributed by atoms with van der Waals surface area (Å²) in [7, 11) is 0. The Bertz CT molecular complexity index is 4950. The summed E-state index contributed by atoms with van der Waals surface area (Å²) >= 11 is 0. The fourth-order valence-electron chi connectivity index (χ4n) is 11.2. The van der Waals surface area contributed by atoms with Gasteiger partial charge in [-0.15, -0.1) is 0 Å². The van der Waals surface area contributed by atoms with Crippen molar-refractivity contribution in [1.29, 1.82) is 10.5 Å². The fourth-order valence-corrected chi connectivity index (χ4v) is 11.2. The number of para-hydroxylation sites is 4. The van der Waals surface area contributed by atoms with Crippen molar-refractivity contribution in [3.05, 3.63) is 223 Å². The number of hydrogen-bond acceptors (Lipinski definition) is 7. The van der Waals surface area contributed by atoms with Gasteiger partial charge in [-0.1, -0.05) is 121 Å². The minimum Gasteiger partial charge on any atom is -0.455 e. The van der Waals surface area contributed by atoms with Gasteiger partial charge >= 0.3 is 0 Å². The molecule has 5 heterocycles. The molecule has 10 aromatic carbocycles. The molecule has 0 spiro atoms. The van der Waals surface area contributed by atoms with Crippen LogP contribution in [0.25, 0.3) is 144 Å². The van der Waals surface area contributed by atoms with Crippen LogP contribution in [0.2, 0.25) is 0 Å². The van der Waals surface area contributed by atoms with Gasteiger partial charge in [-0.25, -0.2) is 15.0 Å². The smallest absolute Gasteiger partial charge is 0.165 e. The van der Waals surface area contributed by atoms with E-state index in [9.17, 15) is 10.5 Å². The van der Waals surface area contributed by atoms with E-state index < -0.39 is 0 Å². The van der Waals surface area contributed by atoms with Crippen LogP contribution in [0.5, 0.6) is 0 Å². The lowest BCUT2D eigenvalue weighted by atomic mass is 9.96. The second-order valence-electron chi connectivity index (χ2n) is 18.5. The molecule has 5 aromatic heterocycles. The van der Waals surface area contributed by atoms with Gasteiger partial charge in [0.05, 0.1) is 56.1 Å². The number of nitrogens with zero attached hydrogens (tertiary/aromatic N) is 7. The number of furan rings is 2. The molecule has 0 saturated carbocycles. The van der Waals surface area contributed by atoms with E-state index in [1.54, 1.807) is 6.07 Å². The Balaban J connectivity index is 0.982. The van der Waals surface area contributed by atoms with Crippen molar-refractivity contribution in [3.63, 3.8) is 0 Å². The van der Waals surface area contributed by atoms with Crippen molar-refractivity contribution in [1.82, 2.24) is 24.1 Å². The summed E-state index contributed by atoms with van der Waals surface area (Å²) in [5, 5.41) is 29.4. The molecule has 0 aliphatic carbocycles.